The predicted octanol–water partition coefficient (Wildman–Crippen LogP) is 1.37. The second-order valence-electron chi connectivity index (χ2n) is 3.70. The van der Waals surface area contributed by atoms with Crippen molar-refractivity contribution in [1.82, 2.24) is 5.32 Å². The van der Waals surface area contributed by atoms with Gasteiger partial charge in [-0.25, -0.2) is 4.79 Å². The predicted molar refractivity (Wildman–Crippen MR) is 55.9 cm³/mol. The van der Waals surface area contributed by atoms with E-state index in [4.69, 9.17) is 0 Å². The first-order valence-corrected chi connectivity index (χ1v) is 5.29. The third-order valence-corrected chi connectivity index (χ3v) is 2.62. The number of hydrogen-bond donors (Lipinski definition) is 1. The Morgan fingerprint density at radius 2 is 1.93 bits per heavy atom. The molecule has 0 aliphatic heterocycles. The maximum absolute atomic E-state index is 11.6. The van der Waals surface area contributed by atoms with Gasteiger partial charge in [-0.1, -0.05) is 19.3 Å². The lowest BCUT2D eigenvalue weighted by atomic mass is 9.89. The van der Waals surface area contributed by atoms with Crippen LogP contribution in [0.2, 0.25) is 0 Å². The van der Waals surface area contributed by atoms with Gasteiger partial charge in [0.1, 0.15) is 0 Å². The van der Waals surface area contributed by atoms with Crippen molar-refractivity contribution in [2.75, 3.05) is 7.11 Å². The molecule has 4 heteroatoms. The second-order valence-corrected chi connectivity index (χ2v) is 3.70. The Hall–Kier alpha value is -1.32. The van der Waals surface area contributed by atoms with Crippen molar-refractivity contribution in [2.45, 2.75) is 32.1 Å². The molecule has 84 valence electrons. The molecule has 1 saturated carbocycles. The van der Waals surface area contributed by atoms with Crippen LogP contribution in [0.3, 0.4) is 0 Å². The number of rotatable bonds is 3. The van der Waals surface area contributed by atoms with Gasteiger partial charge < -0.3 is 10.1 Å². The average Bonchev–Trinajstić information content (AvgIpc) is 2.29. The van der Waals surface area contributed by atoms with Crippen molar-refractivity contribution in [1.29, 1.82) is 0 Å². The number of esters is 1. The van der Waals surface area contributed by atoms with E-state index in [1.807, 2.05) is 0 Å². The Balaban J connectivity index is 2.28. The van der Waals surface area contributed by atoms with Gasteiger partial charge in [0.2, 0.25) is 5.91 Å². The average molecular weight is 211 g/mol. The number of carbonyl (C=O) groups is 2. The van der Waals surface area contributed by atoms with Crippen molar-refractivity contribution in [3.8, 4) is 0 Å². The molecule has 0 radical (unpaired) electrons. The number of amides is 1. The molecule has 1 amide bonds. The summed E-state index contributed by atoms with van der Waals surface area (Å²) in [5.74, 6) is -0.338. The lowest BCUT2D eigenvalue weighted by Gasteiger charge is -2.19. The largest absolute Gasteiger partial charge is 0.466 e. The van der Waals surface area contributed by atoms with E-state index in [-0.39, 0.29) is 11.8 Å². The molecule has 1 rings (SSSR count). The zero-order valence-electron chi connectivity index (χ0n) is 8.99. The third-order valence-electron chi connectivity index (χ3n) is 2.62. The molecule has 0 bridgehead atoms. The van der Waals surface area contributed by atoms with Gasteiger partial charge in [-0.15, -0.1) is 0 Å². The summed E-state index contributed by atoms with van der Waals surface area (Å²) in [6, 6.07) is 0. The molecule has 15 heavy (non-hydrogen) atoms. The topological polar surface area (TPSA) is 55.4 Å². The fraction of sp³-hybridized carbons (Fsp3) is 0.636. The fourth-order valence-corrected chi connectivity index (χ4v) is 1.74. The highest BCUT2D eigenvalue weighted by molar-refractivity contribution is 5.84. The second kappa shape index (κ2) is 6.22. The van der Waals surface area contributed by atoms with Crippen LogP contribution in [-0.4, -0.2) is 19.0 Å². The van der Waals surface area contributed by atoms with Crippen molar-refractivity contribution >= 4 is 11.9 Å². The van der Waals surface area contributed by atoms with Crippen LogP contribution in [0.1, 0.15) is 32.1 Å². The number of hydrogen-bond acceptors (Lipinski definition) is 3. The Labute approximate surface area is 89.7 Å². The summed E-state index contributed by atoms with van der Waals surface area (Å²) < 4.78 is 4.40. The standard InChI is InChI=1S/C11H17NO3/c1-15-10(13)7-8-12-11(14)9-5-3-2-4-6-9/h7-9H,2-6H2,1H3,(H,12,14)/b8-7+. The molecule has 0 spiro atoms. The highest BCUT2D eigenvalue weighted by atomic mass is 16.5. The highest BCUT2D eigenvalue weighted by Gasteiger charge is 2.19. The number of methoxy groups -OCH3 is 1. The lowest BCUT2D eigenvalue weighted by Crippen LogP contribution is -2.28. The Kier molecular flexibility index (Phi) is 4.87. The van der Waals surface area contributed by atoms with Crippen LogP contribution in [0.5, 0.6) is 0 Å². The molecule has 0 saturated heterocycles. The monoisotopic (exact) mass is 211 g/mol. The van der Waals surface area contributed by atoms with Crippen LogP contribution in [0, 0.1) is 5.92 Å². The fourth-order valence-electron chi connectivity index (χ4n) is 1.74. The van der Waals surface area contributed by atoms with Crippen molar-refractivity contribution in [2.24, 2.45) is 5.92 Å². The molecule has 1 N–H and O–H groups in total. The van der Waals surface area contributed by atoms with E-state index in [2.05, 4.69) is 10.1 Å². The first-order chi connectivity index (χ1) is 7.24. The minimum atomic E-state index is -0.459. The first kappa shape index (κ1) is 11.8. The van der Waals surface area contributed by atoms with E-state index in [1.54, 1.807) is 0 Å². The quantitative estimate of drug-likeness (QED) is 0.566. The summed E-state index contributed by atoms with van der Waals surface area (Å²) in [6.45, 7) is 0. The molecule has 0 unspecified atom stereocenters. The van der Waals surface area contributed by atoms with E-state index in [0.29, 0.717) is 0 Å². The molecule has 0 atom stereocenters. The summed E-state index contributed by atoms with van der Waals surface area (Å²) in [5.41, 5.74) is 0. The normalized spacial score (nSPS) is 17.7. The van der Waals surface area contributed by atoms with Crippen LogP contribution in [0.15, 0.2) is 12.3 Å². The minimum Gasteiger partial charge on any atom is -0.466 e. The van der Waals surface area contributed by atoms with Gasteiger partial charge in [0.25, 0.3) is 0 Å². The number of ether oxygens (including phenoxy) is 1. The first-order valence-electron chi connectivity index (χ1n) is 5.29. The van der Waals surface area contributed by atoms with E-state index in [1.165, 1.54) is 25.8 Å². The lowest BCUT2D eigenvalue weighted by molar-refractivity contribution is -0.134. The summed E-state index contributed by atoms with van der Waals surface area (Å²) in [4.78, 5) is 22.3. The van der Waals surface area contributed by atoms with Crippen LogP contribution < -0.4 is 5.32 Å². The van der Waals surface area contributed by atoms with E-state index in [9.17, 15) is 9.59 Å². The van der Waals surface area contributed by atoms with Gasteiger partial charge in [0.15, 0.2) is 0 Å². The molecule has 1 aliphatic rings. The molecule has 1 fully saturated rings. The Bertz CT molecular complexity index is 255. The van der Waals surface area contributed by atoms with Crippen LogP contribution in [-0.2, 0) is 14.3 Å². The molecular formula is C11H17NO3. The zero-order valence-corrected chi connectivity index (χ0v) is 8.99. The molecule has 0 aromatic rings. The highest BCUT2D eigenvalue weighted by Crippen LogP contribution is 2.23. The third kappa shape index (κ3) is 4.14. The van der Waals surface area contributed by atoms with Gasteiger partial charge in [0.05, 0.1) is 7.11 Å². The SMILES string of the molecule is COC(=O)/C=C/NC(=O)C1CCCCC1. The van der Waals surface area contributed by atoms with Crippen LogP contribution in [0.4, 0.5) is 0 Å². The van der Waals surface area contributed by atoms with E-state index < -0.39 is 5.97 Å². The molecule has 4 nitrogen and oxygen atoms in total. The molecule has 0 aromatic carbocycles. The van der Waals surface area contributed by atoms with Crippen molar-refractivity contribution < 1.29 is 14.3 Å². The van der Waals surface area contributed by atoms with Gasteiger partial charge >= 0.3 is 5.97 Å². The Morgan fingerprint density at radius 3 is 2.53 bits per heavy atom. The van der Waals surface area contributed by atoms with Crippen LogP contribution >= 0.6 is 0 Å². The van der Waals surface area contributed by atoms with Gasteiger partial charge in [-0.05, 0) is 12.8 Å². The van der Waals surface area contributed by atoms with Crippen LogP contribution in [0.25, 0.3) is 0 Å². The Morgan fingerprint density at radius 1 is 1.27 bits per heavy atom. The molecular weight excluding hydrogens is 194 g/mol. The zero-order chi connectivity index (χ0) is 11.1. The molecule has 0 aromatic heterocycles. The van der Waals surface area contributed by atoms with Crippen molar-refractivity contribution in [3.63, 3.8) is 0 Å². The van der Waals surface area contributed by atoms with Crippen molar-refractivity contribution in [3.05, 3.63) is 12.3 Å². The van der Waals surface area contributed by atoms with Gasteiger partial charge in [-0.2, -0.15) is 0 Å². The maximum Gasteiger partial charge on any atom is 0.331 e. The van der Waals surface area contributed by atoms with Gasteiger partial charge in [-0.3, -0.25) is 4.79 Å². The molecule has 0 heterocycles. The maximum atomic E-state index is 11.6. The van der Waals surface area contributed by atoms with E-state index in [0.717, 1.165) is 25.7 Å². The molecule has 1 aliphatic carbocycles. The number of nitrogens with one attached hydrogen (secondary N) is 1. The number of carbonyl (C=O) groups excluding carboxylic acids is 2. The summed E-state index contributed by atoms with van der Waals surface area (Å²) in [7, 11) is 1.30. The van der Waals surface area contributed by atoms with E-state index >= 15 is 0 Å². The van der Waals surface area contributed by atoms with Gasteiger partial charge in [0, 0.05) is 18.2 Å². The smallest absolute Gasteiger partial charge is 0.331 e. The summed E-state index contributed by atoms with van der Waals surface area (Å²) >= 11 is 0. The summed E-state index contributed by atoms with van der Waals surface area (Å²) in [5, 5.41) is 2.60. The minimum absolute atomic E-state index is 0.00912. The summed E-state index contributed by atoms with van der Waals surface area (Å²) in [6.07, 6.45) is 7.94.